The zero-order chi connectivity index (χ0) is 17.4. The molecule has 0 radical (unpaired) electrons. The van der Waals surface area contributed by atoms with Gasteiger partial charge in [-0.25, -0.2) is 0 Å². The molecular weight excluding hydrogens is 371 g/mol. The van der Waals surface area contributed by atoms with Crippen molar-refractivity contribution in [2.75, 3.05) is 59.9 Å². The average molecular weight is 411 g/mol. The van der Waals surface area contributed by atoms with Crippen LogP contribution in [0.15, 0.2) is 0 Å². The van der Waals surface area contributed by atoms with Crippen LogP contribution in [0.5, 0.6) is 0 Å². The van der Waals surface area contributed by atoms with Gasteiger partial charge in [-0.05, 0) is 83.7 Å². The third-order valence-electron chi connectivity index (χ3n) is 5.85. The van der Waals surface area contributed by atoms with Crippen molar-refractivity contribution in [1.82, 2.24) is 20.4 Å². The molecule has 0 bridgehead atoms. The third-order valence-corrected chi connectivity index (χ3v) is 5.85. The molecule has 2 aliphatic rings. The molecule has 1 unspecified atom stereocenters. The first-order valence-electron chi connectivity index (χ1n) is 9.89. The van der Waals surface area contributed by atoms with E-state index in [1.807, 2.05) is 0 Å². The molecule has 7 heteroatoms. The summed E-state index contributed by atoms with van der Waals surface area (Å²) >= 11 is 0. The van der Waals surface area contributed by atoms with Gasteiger partial charge in [0.2, 0.25) is 5.91 Å². The zero-order valence-corrected chi connectivity index (χ0v) is 18.5. The molecule has 26 heavy (non-hydrogen) atoms. The lowest BCUT2D eigenvalue weighted by Gasteiger charge is -2.33. The van der Waals surface area contributed by atoms with Crippen LogP contribution in [0.3, 0.4) is 0 Å². The number of likely N-dealkylation sites (tertiary alicyclic amines) is 1. The summed E-state index contributed by atoms with van der Waals surface area (Å²) in [6.07, 6.45) is 5.58. The van der Waals surface area contributed by atoms with Gasteiger partial charge in [-0.3, -0.25) is 4.79 Å². The van der Waals surface area contributed by atoms with E-state index >= 15 is 0 Å². The number of hydrogen-bond acceptors (Lipinski definition) is 4. The Bertz CT molecular complexity index is 371. The Morgan fingerprint density at radius 1 is 1.15 bits per heavy atom. The molecule has 0 aliphatic carbocycles. The Morgan fingerprint density at radius 2 is 1.77 bits per heavy atom. The van der Waals surface area contributed by atoms with Crippen molar-refractivity contribution in [3.05, 3.63) is 0 Å². The molecule has 1 amide bonds. The lowest BCUT2D eigenvalue weighted by Crippen LogP contribution is -2.41. The summed E-state index contributed by atoms with van der Waals surface area (Å²) in [5.41, 5.74) is 0. The van der Waals surface area contributed by atoms with Gasteiger partial charge < -0.3 is 20.4 Å². The molecule has 0 spiro atoms. The first kappa shape index (κ1) is 25.9. The van der Waals surface area contributed by atoms with E-state index in [-0.39, 0.29) is 30.7 Å². The highest BCUT2D eigenvalue weighted by atomic mass is 35.5. The molecule has 0 aromatic rings. The highest BCUT2D eigenvalue weighted by Crippen LogP contribution is 2.24. The van der Waals surface area contributed by atoms with Crippen LogP contribution in [0.4, 0.5) is 0 Å². The van der Waals surface area contributed by atoms with Gasteiger partial charge in [-0.2, -0.15) is 0 Å². The second-order valence-electron chi connectivity index (χ2n) is 8.16. The van der Waals surface area contributed by atoms with E-state index in [0.717, 1.165) is 32.1 Å². The number of amides is 1. The number of hydrogen-bond donors (Lipinski definition) is 2. The Morgan fingerprint density at radius 3 is 2.35 bits per heavy atom. The number of carbonyl (C=O) groups excluding carboxylic acids is 1. The molecule has 5 nitrogen and oxygen atoms in total. The standard InChI is InChI=1S/C19H38N4O.2ClH/c1-16(18-4-8-20-9-5-18)14-19(24)21-15-17-6-10-23(11-7-17)13-12-22(2)3;;/h16-18,20H,4-15H2,1-3H3,(H,21,24);2*1H. The molecular formula is C19H40Cl2N4O. The summed E-state index contributed by atoms with van der Waals surface area (Å²) < 4.78 is 0. The van der Waals surface area contributed by atoms with Crippen LogP contribution in [0.25, 0.3) is 0 Å². The predicted octanol–water partition coefficient (Wildman–Crippen LogP) is 2.25. The van der Waals surface area contributed by atoms with Gasteiger partial charge >= 0.3 is 0 Å². The van der Waals surface area contributed by atoms with Crippen molar-refractivity contribution in [2.45, 2.75) is 39.0 Å². The summed E-state index contributed by atoms with van der Waals surface area (Å²) in [4.78, 5) is 17.0. The Hall–Kier alpha value is -0.0700. The van der Waals surface area contributed by atoms with Crippen molar-refractivity contribution in [3.63, 3.8) is 0 Å². The largest absolute Gasteiger partial charge is 0.356 e. The summed E-state index contributed by atoms with van der Waals surface area (Å²) in [5.74, 6) is 2.16. The summed E-state index contributed by atoms with van der Waals surface area (Å²) in [5, 5.41) is 6.61. The van der Waals surface area contributed by atoms with Gasteiger partial charge in [0.1, 0.15) is 0 Å². The molecule has 2 saturated heterocycles. The van der Waals surface area contributed by atoms with E-state index in [1.165, 1.54) is 45.3 Å². The maximum Gasteiger partial charge on any atom is 0.220 e. The highest BCUT2D eigenvalue weighted by molar-refractivity contribution is 5.85. The summed E-state index contributed by atoms with van der Waals surface area (Å²) in [7, 11) is 4.26. The van der Waals surface area contributed by atoms with Gasteiger partial charge in [-0.1, -0.05) is 6.92 Å². The van der Waals surface area contributed by atoms with Crippen LogP contribution in [0, 0.1) is 17.8 Å². The lowest BCUT2D eigenvalue weighted by atomic mass is 9.84. The number of rotatable bonds is 8. The Balaban J connectivity index is 0.00000312. The fourth-order valence-electron chi connectivity index (χ4n) is 3.96. The van der Waals surface area contributed by atoms with E-state index < -0.39 is 0 Å². The molecule has 1 atom stereocenters. The van der Waals surface area contributed by atoms with Gasteiger partial charge in [0.05, 0.1) is 0 Å². The maximum absolute atomic E-state index is 12.2. The molecule has 0 saturated carbocycles. The maximum atomic E-state index is 12.2. The molecule has 2 rings (SSSR count). The minimum atomic E-state index is 0. The van der Waals surface area contributed by atoms with Crippen LogP contribution in [0.2, 0.25) is 0 Å². The fourth-order valence-corrected chi connectivity index (χ4v) is 3.96. The van der Waals surface area contributed by atoms with Crippen molar-refractivity contribution < 1.29 is 4.79 Å². The molecule has 2 heterocycles. The first-order chi connectivity index (χ1) is 11.5. The van der Waals surface area contributed by atoms with Crippen molar-refractivity contribution in [2.24, 2.45) is 17.8 Å². The van der Waals surface area contributed by atoms with Crippen LogP contribution in [0.1, 0.15) is 39.0 Å². The van der Waals surface area contributed by atoms with Crippen LogP contribution >= 0.6 is 24.8 Å². The molecule has 156 valence electrons. The van der Waals surface area contributed by atoms with Crippen LogP contribution in [-0.4, -0.2) is 75.6 Å². The number of halogens is 2. The SMILES string of the molecule is CC(CC(=O)NCC1CCN(CCN(C)C)CC1)C1CCNCC1.Cl.Cl. The quantitative estimate of drug-likeness (QED) is 0.643. The number of piperidine rings is 2. The van der Waals surface area contributed by atoms with Crippen LogP contribution < -0.4 is 10.6 Å². The van der Waals surface area contributed by atoms with E-state index in [2.05, 4.69) is 41.5 Å². The third kappa shape index (κ3) is 9.75. The van der Waals surface area contributed by atoms with Gasteiger partial charge in [0, 0.05) is 26.1 Å². The second-order valence-corrected chi connectivity index (χ2v) is 8.16. The highest BCUT2D eigenvalue weighted by Gasteiger charge is 2.23. The number of nitrogens with one attached hydrogen (secondary N) is 2. The number of nitrogens with zero attached hydrogens (tertiary/aromatic N) is 2. The summed E-state index contributed by atoms with van der Waals surface area (Å²) in [6, 6.07) is 0. The minimum absolute atomic E-state index is 0. The van der Waals surface area contributed by atoms with Gasteiger partial charge in [0.25, 0.3) is 0 Å². The molecule has 0 aromatic carbocycles. The summed E-state index contributed by atoms with van der Waals surface area (Å²) in [6.45, 7) is 10.0. The predicted molar refractivity (Wildman–Crippen MR) is 115 cm³/mol. The lowest BCUT2D eigenvalue weighted by molar-refractivity contribution is -0.122. The zero-order valence-electron chi connectivity index (χ0n) is 16.8. The average Bonchev–Trinajstić information content (AvgIpc) is 2.59. The molecule has 2 aliphatic heterocycles. The molecule has 2 fully saturated rings. The fraction of sp³-hybridized carbons (Fsp3) is 0.947. The molecule has 0 aromatic heterocycles. The van der Waals surface area contributed by atoms with E-state index in [9.17, 15) is 4.79 Å². The van der Waals surface area contributed by atoms with Crippen molar-refractivity contribution in [1.29, 1.82) is 0 Å². The minimum Gasteiger partial charge on any atom is -0.356 e. The first-order valence-corrected chi connectivity index (χ1v) is 9.89. The van der Waals surface area contributed by atoms with Crippen LogP contribution in [-0.2, 0) is 4.79 Å². The molecule has 2 N–H and O–H groups in total. The smallest absolute Gasteiger partial charge is 0.220 e. The Labute approximate surface area is 172 Å². The monoisotopic (exact) mass is 410 g/mol. The van der Waals surface area contributed by atoms with E-state index in [1.54, 1.807) is 0 Å². The Kier molecular flexibility index (Phi) is 14.0. The topological polar surface area (TPSA) is 47.6 Å². The van der Waals surface area contributed by atoms with E-state index in [4.69, 9.17) is 0 Å². The van der Waals surface area contributed by atoms with Crippen molar-refractivity contribution in [3.8, 4) is 0 Å². The second kappa shape index (κ2) is 14.0. The van der Waals surface area contributed by atoms with Gasteiger partial charge in [-0.15, -0.1) is 24.8 Å². The number of carbonyl (C=O) groups is 1. The van der Waals surface area contributed by atoms with E-state index in [0.29, 0.717) is 18.3 Å². The normalized spacial score (nSPS) is 20.9. The van der Waals surface area contributed by atoms with Crippen molar-refractivity contribution >= 4 is 30.7 Å². The van der Waals surface area contributed by atoms with Gasteiger partial charge in [0.15, 0.2) is 0 Å². The number of likely N-dealkylation sites (N-methyl/N-ethyl adjacent to an activating group) is 1.